The van der Waals surface area contributed by atoms with Gasteiger partial charge in [-0.05, 0) is 18.2 Å². The zero-order valence-electron chi connectivity index (χ0n) is 8.27. The van der Waals surface area contributed by atoms with Crippen LogP contribution in [-0.2, 0) is 4.79 Å². The Morgan fingerprint density at radius 2 is 2.29 bits per heavy atom. The van der Waals surface area contributed by atoms with E-state index in [-0.39, 0.29) is 0 Å². The summed E-state index contributed by atoms with van der Waals surface area (Å²) in [5.74, 6) is 0.351. The van der Waals surface area contributed by atoms with Gasteiger partial charge in [-0.25, -0.2) is 4.98 Å². The van der Waals surface area contributed by atoms with Crippen molar-refractivity contribution in [3.05, 3.63) is 30.0 Å². The molecule has 0 atom stereocenters. The first-order valence-corrected chi connectivity index (χ1v) is 4.21. The fourth-order valence-corrected chi connectivity index (χ4v) is 1.09. The number of amides is 1. The highest BCUT2D eigenvalue weighted by Gasteiger charge is 2.01. The van der Waals surface area contributed by atoms with Crippen LogP contribution < -0.4 is 10.6 Å². The smallest absolute Gasteiger partial charge is 0.241 e. The Kier molecular flexibility index (Phi) is 3.23. The van der Waals surface area contributed by atoms with Crippen LogP contribution in [-0.4, -0.2) is 25.0 Å². The molecule has 74 valence electrons. The fraction of sp³-hybridized carbons (Fsp3) is 0.200. The van der Waals surface area contributed by atoms with E-state index in [2.05, 4.69) is 4.98 Å². The average molecular weight is 191 g/mol. The van der Waals surface area contributed by atoms with Gasteiger partial charge in [0.25, 0.3) is 0 Å². The van der Waals surface area contributed by atoms with Crippen LogP contribution in [0.1, 0.15) is 5.56 Å². The number of carbonyl (C=O) groups is 1. The van der Waals surface area contributed by atoms with Crippen molar-refractivity contribution >= 4 is 17.8 Å². The van der Waals surface area contributed by atoms with Crippen LogP contribution in [0.15, 0.2) is 24.4 Å². The van der Waals surface area contributed by atoms with Crippen LogP contribution >= 0.6 is 0 Å². The third kappa shape index (κ3) is 2.58. The first-order valence-electron chi connectivity index (χ1n) is 4.21. The van der Waals surface area contributed by atoms with E-state index >= 15 is 0 Å². The Morgan fingerprint density at radius 1 is 1.57 bits per heavy atom. The predicted molar refractivity (Wildman–Crippen MR) is 56.8 cm³/mol. The van der Waals surface area contributed by atoms with Crippen LogP contribution in [0.25, 0.3) is 6.08 Å². The molecule has 1 rings (SSSR count). The number of aromatic nitrogens is 1. The maximum Gasteiger partial charge on any atom is 0.241 e. The van der Waals surface area contributed by atoms with Crippen molar-refractivity contribution in [2.45, 2.75) is 0 Å². The molecule has 14 heavy (non-hydrogen) atoms. The second kappa shape index (κ2) is 4.41. The molecule has 0 aliphatic heterocycles. The first-order chi connectivity index (χ1) is 6.61. The van der Waals surface area contributed by atoms with E-state index in [1.165, 1.54) is 6.08 Å². The summed E-state index contributed by atoms with van der Waals surface area (Å²) in [6, 6.07) is 3.69. The van der Waals surface area contributed by atoms with Gasteiger partial charge < -0.3 is 10.6 Å². The van der Waals surface area contributed by atoms with Gasteiger partial charge in [0.1, 0.15) is 5.82 Å². The standard InChI is InChI=1S/C10H13N3O/c1-13(2)10-8(4-3-7-12-10)5-6-9(11)14/h3-7H,1-2H3,(H2,11,14)/b6-5-. The van der Waals surface area contributed by atoms with E-state index < -0.39 is 5.91 Å². The molecule has 1 aromatic heterocycles. The molecule has 0 aliphatic carbocycles. The number of nitrogens with two attached hydrogens (primary N) is 1. The molecule has 4 nitrogen and oxygen atoms in total. The minimum atomic E-state index is -0.460. The number of nitrogens with zero attached hydrogens (tertiary/aromatic N) is 2. The SMILES string of the molecule is CN(C)c1ncccc1/C=C\C(N)=O. The molecule has 0 saturated heterocycles. The Labute approximate surface area is 83.0 Å². The summed E-state index contributed by atoms with van der Waals surface area (Å²) < 4.78 is 0. The van der Waals surface area contributed by atoms with Crippen molar-refractivity contribution in [1.82, 2.24) is 4.98 Å². The van der Waals surface area contributed by atoms with Crippen molar-refractivity contribution in [2.24, 2.45) is 5.73 Å². The summed E-state index contributed by atoms with van der Waals surface area (Å²) in [5.41, 5.74) is 5.88. The molecule has 0 spiro atoms. The Balaban J connectivity index is 3.01. The second-order valence-electron chi connectivity index (χ2n) is 3.05. The van der Waals surface area contributed by atoms with Crippen LogP contribution in [0, 0.1) is 0 Å². The molecular weight excluding hydrogens is 178 g/mol. The molecule has 2 N–H and O–H groups in total. The fourth-order valence-electron chi connectivity index (χ4n) is 1.09. The summed E-state index contributed by atoms with van der Waals surface area (Å²) in [4.78, 5) is 16.6. The van der Waals surface area contributed by atoms with Crippen molar-refractivity contribution in [3.63, 3.8) is 0 Å². The lowest BCUT2D eigenvalue weighted by molar-refractivity contribution is -0.113. The number of primary amides is 1. The van der Waals surface area contributed by atoms with Crippen LogP contribution in [0.5, 0.6) is 0 Å². The van der Waals surface area contributed by atoms with Crippen LogP contribution in [0.4, 0.5) is 5.82 Å². The molecule has 4 heteroatoms. The van der Waals surface area contributed by atoms with Gasteiger partial charge in [-0.2, -0.15) is 0 Å². The highest BCUT2D eigenvalue weighted by molar-refractivity contribution is 5.91. The lowest BCUT2D eigenvalue weighted by Crippen LogP contribution is -2.12. The molecule has 0 radical (unpaired) electrons. The van der Waals surface area contributed by atoms with E-state index in [0.29, 0.717) is 0 Å². The van der Waals surface area contributed by atoms with Gasteiger partial charge in [0.05, 0.1) is 0 Å². The predicted octanol–water partition coefficient (Wildman–Crippen LogP) is 0.646. The zero-order valence-corrected chi connectivity index (χ0v) is 8.27. The van der Waals surface area contributed by atoms with E-state index in [4.69, 9.17) is 5.73 Å². The van der Waals surface area contributed by atoms with Gasteiger partial charge in [-0.3, -0.25) is 4.79 Å². The normalized spacial score (nSPS) is 10.4. The molecule has 0 fully saturated rings. The monoisotopic (exact) mass is 191 g/mol. The van der Waals surface area contributed by atoms with Gasteiger partial charge in [0, 0.05) is 31.9 Å². The molecule has 1 heterocycles. The molecule has 0 aliphatic rings. The largest absolute Gasteiger partial charge is 0.366 e. The lowest BCUT2D eigenvalue weighted by Gasteiger charge is -2.13. The van der Waals surface area contributed by atoms with E-state index in [1.54, 1.807) is 12.3 Å². The molecule has 0 bridgehead atoms. The molecule has 0 saturated carbocycles. The highest BCUT2D eigenvalue weighted by Crippen LogP contribution is 2.15. The van der Waals surface area contributed by atoms with Gasteiger partial charge >= 0.3 is 0 Å². The molecule has 1 aromatic rings. The second-order valence-corrected chi connectivity index (χ2v) is 3.05. The lowest BCUT2D eigenvalue weighted by atomic mass is 10.2. The average Bonchev–Trinajstić information content (AvgIpc) is 2.15. The first kappa shape index (κ1) is 10.2. The van der Waals surface area contributed by atoms with E-state index in [9.17, 15) is 4.79 Å². The van der Waals surface area contributed by atoms with Gasteiger partial charge in [0.2, 0.25) is 5.91 Å². The van der Waals surface area contributed by atoms with E-state index in [0.717, 1.165) is 11.4 Å². The molecular formula is C10H13N3O. The Hall–Kier alpha value is -1.84. The maximum atomic E-state index is 10.6. The molecule has 0 unspecified atom stereocenters. The summed E-state index contributed by atoms with van der Waals surface area (Å²) in [5, 5.41) is 0. The van der Waals surface area contributed by atoms with Crippen molar-refractivity contribution in [3.8, 4) is 0 Å². The number of carbonyl (C=O) groups excluding carboxylic acids is 1. The number of hydrogen-bond acceptors (Lipinski definition) is 3. The van der Waals surface area contributed by atoms with Crippen molar-refractivity contribution in [2.75, 3.05) is 19.0 Å². The van der Waals surface area contributed by atoms with E-state index in [1.807, 2.05) is 31.1 Å². The van der Waals surface area contributed by atoms with Crippen LogP contribution in [0.3, 0.4) is 0 Å². The number of rotatable bonds is 3. The van der Waals surface area contributed by atoms with Crippen LogP contribution in [0.2, 0.25) is 0 Å². The van der Waals surface area contributed by atoms with Gasteiger partial charge in [-0.15, -0.1) is 0 Å². The Morgan fingerprint density at radius 3 is 2.86 bits per heavy atom. The number of hydrogen-bond donors (Lipinski definition) is 1. The third-order valence-electron chi connectivity index (χ3n) is 1.67. The molecule has 0 aromatic carbocycles. The number of anilines is 1. The minimum Gasteiger partial charge on any atom is -0.366 e. The summed E-state index contributed by atoms with van der Waals surface area (Å²) in [6.45, 7) is 0. The maximum absolute atomic E-state index is 10.6. The minimum absolute atomic E-state index is 0.460. The quantitative estimate of drug-likeness (QED) is 0.713. The summed E-state index contributed by atoms with van der Waals surface area (Å²) >= 11 is 0. The van der Waals surface area contributed by atoms with Gasteiger partial charge in [-0.1, -0.05) is 0 Å². The topological polar surface area (TPSA) is 59.2 Å². The Bertz CT molecular complexity index is 358. The highest BCUT2D eigenvalue weighted by atomic mass is 16.1. The number of pyridine rings is 1. The summed E-state index contributed by atoms with van der Waals surface area (Å²) in [7, 11) is 3.79. The third-order valence-corrected chi connectivity index (χ3v) is 1.67. The van der Waals surface area contributed by atoms with Crippen molar-refractivity contribution < 1.29 is 4.79 Å². The zero-order chi connectivity index (χ0) is 10.6. The van der Waals surface area contributed by atoms with Gasteiger partial charge in [0.15, 0.2) is 0 Å². The molecule has 1 amide bonds. The van der Waals surface area contributed by atoms with Crippen molar-refractivity contribution in [1.29, 1.82) is 0 Å². The summed E-state index contributed by atoms with van der Waals surface area (Å²) in [6.07, 6.45) is 4.69.